The maximum Gasteiger partial charge on any atom is 0.233 e. The standard InChI is InChI=1S/C25H37N5O2S/c1-18-9-8-10-19(2)29(18)23(31)17-33-25-27-26-24(20(3)28-15-6-5-7-16-28)30(25)21-11-13-22(32-4)14-12-21/h11-14,18-20H,5-10,15-17H2,1-4H3/t18-,19-,20+/m1/s1. The first-order valence-corrected chi connectivity index (χ1v) is 13.3. The molecular weight excluding hydrogens is 434 g/mol. The molecule has 8 heteroatoms. The predicted octanol–water partition coefficient (Wildman–Crippen LogP) is 4.70. The van der Waals surface area contributed by atoms with Crippen LogP contribution in [0.15, 0.2) is 29.4 Å². The predicted molar refractivity (Wildman–Crippen MR) is 132 cm³/mol. The lowest BCUT2D eigenvalue weighted by Crippen LogP contribution is -2.48. The van der Waals surface area contributed by atoms with Gasteiger partial charge in [0.05, 0.1) is 18.9 Å². The summed E-state index contributed by atoms with van der Waals surface area (Å²) in [6.07, 6.45) is 7.11. The van der Waals surface area contributed by atoms with E-state index in [-0.39, 0.29) is 11.9 Å². The second-order valence-corrected chi connectivity index (χ2v) is 10.3. The highest BCUT2D eigenvalue weighted by Crippen LogP contribution is 2.31. The van der Waals surface area contributed by atoms with E-state index in [1.165, 1.54) is 37.4 Å². The van der Waals surface area contributed by atoms with Crippen LogP contribution in [0, 0.1) is 0 Å². The van der Waals surface area contributed by atoms with Crippen LogP contribution in [0.4, 0.5) is 0 Å². The van der Waals surface area contributed by atoms with Crippen LogP contribution >= 0.6 is 11.8 Å². The average Bonchev–Trinajstić information content (AvgIpc) is 3.26. The van der Waals surface area contributed by atoms with Crippen molar-refractivity contribution < 1.29 is 9.53 Å². The van der Waals surface area contributed by atoms with Crippen LogP contribution in [0.25, 0.3) is 5.69 Å². The van der Waals surface area contributed by atoms with Gasteiger partial charge in [-0.15, -0.1) is 10.2 Å². The van der Waals surface area contributed by atoms with E-state index in [4.69, 9.17) is 4.74 Å². The Bertz CT molecular complexity index is 915. The van der Waals surface area contributed by atoms with Gasteiger partial charge in [0.2, 0.25) is 5.91 Å². The molecule has 2 aliphatic rings. The number of hydrogen-bond acceptors (Lipinski definition) is 6. The van der Waals surface area contributed by atoms with Gasteiger partial charge in [0.15, 0.2) is 11.0 Å². The molecule has 7 nitrogen and oxygen atoms in total. The van der Waals surface area contributed by atoms with E-state index < -0.39 is 0 Å². The molecular formula is C25H37N5O2S. The highest BCUT2D eigenvalue weighted by atomic mass is 32.2. The monoisotopic (exact) mass is 471 g/mol. The van der Waals surface area contributed by atoms with E-state index in [2.05, 4.69) is 45.3 Å². The third-order valence-corrected chi connectivity index (χ3v) is 8.02. The highest BCUT2D eigenvalue weighted by molar-refractivity contribution is 7.99. The molecule has 0 aliphatic carbocycles. The van der Waals surface area contributed by atoms with E-state index in [9.17, 15) is 4.79 Å². The summed E-state index contributed by atoms with van der Waals surface area (Å²) in [4.78, 5) is 17.7. The first kappa shape index (κ1) is 24.1. The molecule has 4 rings (SSSR count). The number of ether oxygens (including phenoxy) is 1. The first-order valence-electron chi connectivity index (χ1n) is 12.3. The lowest BCUT2D eigenvalue weighted by atomic mass is 9.98. The number of hydrogen-bond donors (Lipinski definition) is 0. The van der Waals surface area contributed by atoms with Crippen molar-refractivity contribution in [3.05, 3.63) is 30.1 Å². The number of rotatable bonds is 7. The summed E-state index contributed by atoms with van der Waals surface area (Å²) in [5.74, 6) is 2.31. The van der Waals surface area contributed by atoms with Crippen LogP contribution in [-0.4, -0.2) is 68.5 Å². The van der Waals surface area contributed by atoms with E-state index >= 15 is 0 Å². The van der Waals surface area contributed by atoms with E-state index in [1.54, 1.807) is 7.11 Å². The summed E-state index contributed by atoms with van der Waals surface area (Å²) >= 11 is 1.49. The molecule has 1 aromatic carbocycles. The molecule has 2 aromatic rings. The third kappa shape index (κ3) is 5.38. The number of methoxy groups -OCH3 is 1. The zero-order chi connectivity index (χ0) is 23.4. The quantitative estimate of drug-likeness (QED) is 0.545. The van der Waals surface area contributed by atoms with Gasteiger partial charge in [-0.2, -0.15) is 0 Å². The van der Waals surface area contributed by atoms with Gasteiger partial charge in [0.25, 0.3) is 0 Å². The van der Waals surface area contributed by atoms with Crippen molar-refractivity contribution in [1.82, 2.24) is 24.6 Å². The van der Waals surface area contributed by atoms with Gasteiger partial charge in [-0.1, -0.05) is 18.2 Å². The van der Waals surface area contributed by atoms with Crippen LogP contribution in [0.3, 0.4) is 0 Å². The molecule has 3 atom stereocenters. The van der Waals surface area contributed by atoms with Crippen molar-refractivity contribution in [3.63, 3.8) is 0 Å². The Labute approximate surface area is 201 Å². The van der Waals surface area contributed by atoms with Crippen molar-refractivity contribution in [1.29, 1.82) is 0 Å². The third-order valence-electron chi connectivity index (χ3n) is 7.11. The molecule has 2 fully saturated rings. The maximum absolute atomic E-state index is 13.1. The minimum Gasteiger partial charge on any atom is -0.497 e. The Kier molecular flexibility index (Phi) is 7.96. The Morgan fingerprint density at radius 3 is 2.36 bits per heavy atom. The largest absolute Gasteiger partial charge is 0.497 e. The smallest absolute Gasteiger partial charge is 0.233 e. The van der Waals surface area contributed by atoms with Crippen molar-refractivity contribution in [2.45, 2.75) is 82.6 Å². The minimum atomic E-state index is 0.159. The minimum absolute atomic E-state index is 0.159. The van der Waals surface area contributed by atoms with E-state index in [0.29, 0.717) is 17.8 Å². The molecule has 1 aromatic heterocycles. The molecule has 180 valence electrons. The number of likely N-dealkylation sites (tertiary alicyclic amines) is 2. The van der Waals surface area contributed by atoms with Crippen molar-refractivity contribution >= 4 is 17.7 Å². The first-order chi connectivity index (χ1) is 16.0. The number of nitrogens with zero attached hydrogens (tertiary/aromatic N) is 5. The van der Waals surface area contributed by atoms with Crippen LogP contribution in [0.1, 0.15) is 71.2 Å². The second-order valence-electron chi connectivity index (χ2n) is 9.37. The van der Waals surface area contributed by atoms with Crippen LogP contribution < -0.4 is 4.74 Å². The molecule has 1 amide bonds. The van der Waals surface area contributed by atoms with Gasteiger partial charge in [0, 0.05) is 17.8 Å². The van der Waals surface area contributed by atoms with E-state index in [0.717, 1.165) is 48.3 Å². The lowest BCUT2D eigenvalue weighted by Gasteiger charge is -2.39. The zero-order valence-corrected chi connectivity index (χ0v) is 21.2. The maximum atomic E-state index is 13.1. The SMILES string of the molecule is COc1ccc(-n2c(SCC(=O)N3[C@H](C)CCC[C@H]3C)nnc2[C@H](C)N2CCCCC2)cc1. The summed E-state index contributed by atoms with van der Waals surface area (Å²) in [5.41, 5.74) is 0.995. The summed E-state index contributed by atoms with van der Waals surface area (Å²) in [5, 5.41) is 9.95. The number of amides is 1. The molecule has 0 bridgehead atoms. The number of benzene rings is 1. The summed E-state index contributed by atoms with van der Waals surface area (Å²) in [6, 6.07) is 8.76. The highest BCUT2D eigenvalue weighted by Gasteiger charge is 2.30. The summed E-state index contributed by atoms with van der Waals surface area (Å²) < 4.78 is 7.48. The van der Waals surface area contributed by atoms with E-state index in [1.807, 2.05) is 24.3 Å². The molecule has 3 heterocycles. The van der Waals surface area contributed by atoms with Crippen LogP contribution in [0.2, 0.25) is 0 Å². The average molecular weight is 472 g/mol. The topological polar surface area (TPSA) is 63.5 Å². The number of carbonyl (C=O) groups excluding carboxylic acids is 1. The van der Waals surface area contributed by atoms with Gasteiger partial charge >= 0.3 is 0 Å². The van der Waals surface area contributed by atoms with Gasteiger partial charge < -0.3 is 9.64 Å². The summed E-state index contributed by atoms with van der Waals surface area (Å²) in [7, 11) is 1.67. The molecule has 0 N–H and O–H groups in total. The fourth-order valence-electron chi connectivity index (χ4n) is 5.20. The molecule has 33 heavy (non-hydrogen) atoms. The molecule has 2 aliphatic heterocycles. The lowest BCUT2D eigenvalue weighted by molar-refractivity contribution is -0.134. The zero-order valence-electron chi connectivity index (χ0n) is 20.4. The molecule has 0 radical (unpaired) electrons. The van der Waals surface area contributed by atoms with Crippen molar-refractivity contribution in [2.75, 3.05) is 26.0 Å². The van der Waals surface area contributed by atoms with Gasteiger partial charge in [-0.3, -0.25) is 14.3 Å². The molecule has 2 saturated heterocycles. The fourth-order valence-corrected chi connectivity index (χ4v) is 6.03. The fraction of sp³-hybridized carbons (Fsp3) is 0.640. The van der Waals surface area contributed by atoms with Crippen molar-refractivity contribution in [2.24, 2.45) is 0 Å². The molecule has 0 saturated carbocycles. The van der Waals surface area contributed by atoms with Gasteiger partial charge in [-0.05, 0) is 90.2 Å². The van der Waals surface area contributed by atoms with Gasteiger partial charge in [-0.25, -0.2) is 0 Å². The van der Waals surface area contributed by atoms with Crippen LogP contribution in [0.5, 0.6) is 5.75 Å². The Hall–Kier alpha value is -2.06. The Morgan fingerprint density at radius 1 is 1.06 bits per heavy atom. The van der Waals surface area contributed by atoms with Crippen molar-refractivity contribution in [3.8, 4) is 11.4 Å². The number of aromatic nitrogens is 3. The summed E-state index contributed by atoms with van der Waals surface area (Å²) in [6.45, 7) is 8.71. The van der Waals surface area contributed by atoms with Crippen LogP contribution in [-0.2, 0) is 4.79 Å². The Balaban J connectivity index is 1.58. The number of thioether (sulfide) groups is 1. The number of carbonyl (C=O) groups is 1. The normalized spacial score (nSPS) is 22.8. The number of piperidine rings is 2. The Morgan fingerprint density at radius 2 is 1.73 bits per heavy atom. The second kappa shape index (κ2) is 10.9. The van der Waals surface area contributed by atoms with Gasteiger partial charge in [0.1, 0.15) is 5.75 Å². The molecule has 0 unspecified atom stereocenters. The molecule has 0 spiro atoms.